The Labute approximate surface area is 423 Å². The number of esters is 3. The summed E-state index contributed by atoms with van der Waals surface area (Å²) < 4.78 is 16.7. The zero-order valence-corrected chi connectivity index (χ0v) is 44.0. The molecule has 0 aromatic heterocycles. The average molecular weight is 951 g/mol. The number of unbranched alkanes of at least 4 members (excludes halogenated alkanes) is 12. The molecule has 0 aliphatic carbocycles. The molecule has 0 N–H and O–H groups in total. The Balaban J connectivity index is 4.43. The van der Waals surface area contributed by atoms with E-state index in [2.05, 4.69) is 167 Å². The zero-order chi connectivity index (χ0) is 50.0. The molecule has 0 aliphatic rings. The highest BCUT2D eigenvalue weighted by molar-refractivity contribution is 5.71. The van der Waals surface area contributed by atoms with Crippen LogP contribution in [0.25, 0.3) is 0 Å². The second-order valence-electron chi connectivity index (χ2n) is 17.4. The SMILES string of the molecule is CC/C=C\C/C=C\C/C=C\C/C=C\C/C=C\C/C=C\C/C=C\C/C=C\CCCCC(=O)OCC(COC(=O)CCCCCCC/C=C\CCCC)OC(=O)CCCCC/C=C\C/C=C\C/C=C\CC. The first-order valence-corrected chi connectivity index (χ1v) is 27.3. The van der Waals surface area contributed by atoms with Crippen LogP contribution in [-0.4, -0.2) is 37.2 Å². The molecule has 0 rings (SSSR count). The van der Waals surface area contributed by atoms with Gasteiger partial charge < -0.3 is 14.2 Å². The van der Waals surface area contributed by atoms with Crippen LogP contribution in [-0.2, 0) is 28.6 Å². The summed E-state index contributed by atoms with van der Waals surface area (Å²) in [5, 5.41) is 0. The van der Waals surface area contributed by atoms with Crippen molar-refractivity contribution in [3.05, 3.63) is 146 Å². The molecule has 0 saturated carbocycles. The second kappa shape index (κ2) is 55.9. The van der Waals surface area contributed by atoms with E-state index in [9.17, 15) is 14.4 Å². The molecule has 0 aromatic carbocycles. The molecule has 1 atom stereocenters. The zero-order valence-electron chi connectivity index (χ0n) is 44.0. The number of carbonyl (C=O) groups is 3. The molecule has 6 nitrogen and oxygen atoms in total. The van der Waals surface area contributed by atoms with Gasteiger partial charge >= 0.3 is 17.9 Å². The third-order valence-electron chi connectivity index (χ3n) is 10.8. The highest BCUT2D eigenvalue weighted by atomic mass is 16.6. The highest BCUT2D eigenvalue weighted by Gasteiger charge is 2.19. The van der Waals surface area contributed by atoms with E-state index in [1.54, 1.807) is 0 Å². The lowest BCUT2D eigenvalue weighted by atomic mass is 10.1. The summed E-state index contributed by atoms with van der Waals surface area (Å²) in [6.45, 7) is 6.27. The third-order valence-corrected chi connectivity index (χ3v) is 10.8. The van der Waals surface area contributed by atoms with Crippen molar-refractivity contribution >= 4 is 17.9 Å². The summed E-state index contributed by atoms with van der Waals surface area (Å²) in [5.41, 5.74) is 0. The number of ether oxygens (including phenoxy) is 3. The van der Waals surface area contributed by atoms with Gasteiger partial charge in [0.2, 0.25) is 0 Å². The molecule has 0 aliphatic heterocycles. The van der Waals surface area contributed by atoms with Crippen LogP contribution in [0.15, 0.2) is 146 Å². The van der Waals surface area contributed by atoms with Crippen molar-refractivity contribution in [3.63, 3.8) is 0 Å². The highest BCUT2D eigenvalue weighted by Crippen LogP contribution is 2.12. The Morgan fingerprint density at radius 2 is 0.565 bits per heavy atom. The van der Waals surface area contributed by atoms with Crippen LogP contribution in [0.2, 0.25) is 0 Å². The molecule has 0 radical (unpaired) electrons. The summed E-state index contributed by atoms with van der Waals surface area (Å²) in [6, 6.07) is 0. The number of rotatable bonds is 47. The average Bonchev–Trinajstić information content (AvgIpc) is 3.35. The topological polar surface area (TPSA) is 78.9 Å². The quantitative estimate of drug-likeness (QED) is 0.0262. The summed E-state index contributed by atoms with van der Waals surface area (Å²) in [6.07, 6.45) is 79.9. The number of allylic oxidation sites excluding steroid dienone is 24. The maximum Gasteiger partial charge on any atom is 0.306 e. The van der Waals surface area contributed by atoms with E-state index in [1.165, 1.54) is 25.7 Å². The summed E-state index contributed by atoms with van der Waals surface area (Å²) >= 11 is 0. The van der Waals surface area contributed by atoms with Crippen LogP contribution < -0.4 is 0 Å². The minimum Gasteiger partial charge on any atom is -0.462 e. The minimum absolute atomic E-state index is 0.114. The molecule has 386 valence electrons. The predicted octanol–water partition coefficient (Wildman–Crippen LogP) is 18.4. The lowest BCUT2D eigenvalue weighted by Gasteiger charge is -2.18. The standard InChI is InChI=1S/C63H98O6/c1-4-7-10-13-16-19-22-24-25-26-27-28-29-30-31-32-33-34-35-36-37-39-41-44-47-50-53-56-62(65)68-59-60(58-67-61(64)55-52-49-46-43-40-21-18-15-12-9-6-3)69-63(66)57-54-51-48-45-42-38-23-20-17-14-11-8-5-2/h7-8,10-11,15-20,24-25,27-28,30-31,33-34,36-38,41-42,44,60H,4-6,9,12-14,21-23,26,29,32,35,39-40,43,45-59H2,1-3H3/b10-7-,11-8-,18-15-,19-16-,20-17-,25-24-,28-27-,31-30-,34-33-,37-36-,42-38-,44-41-. The van der Waals surface area contributed by atoms with Gasteiger partial charge in [0.05, 0.1) is 0 Å². The fraction of sp³-hybridized carbons (Fsp3) is 0.571. The van der Waals surface area contributed by atoms with E-state index in [0.29, 0.717) is 19.3 Å². The predicted molar refractivity (Wildman–Crippen MR) is 297 cm³/mol. The van der Waals surface area contributed by atoms with Crippen molar-refractivity contribution < 1.29 is 28.6 Å². The Kier molecular flexibility index (Phi) is 52.1. The van der Waals surface area contributed by atoms with Gasteiger partial charge in [-0.1, -0.05) is 205 Å². The molecule has 0 fully saturated rings. The largest absolute Gasteiger partial charge is 0.462 e. The smallest absolute Gasteiger partial charge is 0.306 e. The van der Waals surface area contributed by atoms with Gasteiger partial charge in [0.15, 0.2) is 6.10 Å². The van der Waals surface area contributed by atoms with E-state index in [4.69, 9.17) is 14.2 Å². The maximum absolute atomic E-state index is 12.8. The number of hydrogen-bond donors (Lipinski definition) is 0. The molecule has 0 spiro atoms. The van der Waals surface area contributed by atoms with Gasteiger partial charge in [0.1, 0.15) is 13.2 Å². The fourth-order valence-electron chi connectivity index (χ4n) is 6.74. The monoisotopic (exact) mass is 951 g/mol. The van der Waals surface area contributed by atoms with Crippen LogP contribution in [0, 0.1) is 0 Å². The van der Waals surface area contributed by atoms with Gasteiger partial charge in [-0.25, -0.2) is 0 Å². The van der Waals surface area contributed by atoms with Gasteiger partial charge in [-0.3, -0.25) is 14.4 Å². The van der Waals surface area contributed by atoms with E-state index in [1.807, 2.05) is 0 Å². The van der Waals surface area contributed by atoms with Crippen LogP contribution in [0.1, 0.15) is 213 Å². The van der Waals surface area contributed by atoms with Gasteiger partial charge in [-0.2, -0.15) is 0 Å². The normalized spacial score (nSPS) is 13.3. The molecule has 1 unspecified atom stereocenters. The summed E-state index contributed by atoms with van der Waals surface area (Å²) in [4.78, 5) is 38.0. The first kappa shape index (κ1) is 64.3. The van der Waals surface area contributed by atoms with Crippen molar-refractivity contribution in [3.8, 4) is 0 Å². The van der Waals surface area contributed by atoms with Crippen LogP contribution >= 0.6 is 0 Å². The Morgan fingerprint density at radius 1 is 0.304 bits per heavy atom. The lowest BCUT2D eigenvalue weighted by molar-refractivity contribution is -0.167. The Bertz CT molecular complexity index is 1560. The second-order valence-corrected chi connectivity index (χ2v) is 17.4. The third kappa shape index (κ3) is 54.1. The molecule has 0 amide bonds. The molecule has 0 heterocycles. The van der Waals surface area contributed by atoms with Crippen LogP contribution in [0.4, 0.5) is 0 Å². The number of hydrogen-bond acceptors (Lipinski definition) is 6. The van der Waals surface area contributed by atoms with Crippen molar-refractivity contribution in [1.82, 2.24) is 0 Å². The summed E-state index contributed by atoms with van der Waals surface area (Å²) in [5.74, 6) is -1.01. The van der Waals surface area contributed by atoms with E-state index in [0.717, 1.165) is 135 Å². The first-order valence-electron chi connectivity index (χ1n) is 27.3. The molecular weight excluding hydrogens is 853 g/mol. The van der Waals surface area contributed by atoms with Crippen LogP contribution in [0.5, 0.6) is 0 Å². The summed E-state index contributed by atoms with van der Waals surface area (Å²) in [7, 11) is 0. The van der Waals surface area contributed by atoms with Crippen molar-refractivity contribution in [2.24, 2.45) is 0 Å². The molecule has 0 saturated heterocycles. The lowest BCUT2D eigenvalue weighted by Crippen LogP contribution is -2.30. The van der Waals surface area contributed by atoms with Gasteiger partial charge in [-0.05, 0) is 135 Å². The van der Waals surface area contributed by atoms with Gasteiger partial charge in [0, 0.05) is 19.3 Å². The van der Waals surface area contributed by atoms with E-state index >= 15 is 0 Å². The molecule has 6 heteroatoms. The van der Waals surface area contributed by atoms with E-state index < -0.39 is 6.10 Å². The van der Waals surface area contributed by atoms with E-state index in [-0.39, 0.29) is 44.0 Å². The van der Waals surface area contributed by atoms with Gasteiger partial charge in [-0.15, -0.1) is 0 Å². The maximum atomic E-state index is 12.8. The molecular formula is C63H98O6. The Morgan fingerprint density at radius 3 is 0.942 bits per heavy atom. The van der Waals surface area contributed by atoms with Crippen molar-refractivity contribution in [2.75, 3.05) is 13.2 Å². The number of carbonyl (C=O) groups excluding carboxylic acids is 3. The fourth-order valence-corrected chi connectivity index (χ4v) is 6.74. The van der Waals surface area contributed by atoms with Crippen LogP contribution in [0.3, 0.4) is 0 Å². The van der Waals surface area contributed by atoms with Crippen molar-refractivity contribution in [1.29, 1.82) is 0 Å². The first-order chi connectivity index (χ1) is 34.0. The minimum atomic E-state index is -0.820. The molecule has 0 aromatic rings. The molecule has 69 heavy (non-hydrogen) atoms. The molecule has 0 bridgehead atoms. The van der Waals surface area contributed by atoms with Gasteiger partial charge in [0.25, 0.3) is 0 Å². The Hall–Kier alpha value is -4.71. The van der Waals surface area contributed by atoms with Crippen molar-refractivity contribution in [2.45, 2.75) is 219 Å².